The minimum absolute atomic E-state index is 0.367. The lowest BCUT2D eigenvalue weighted by Gasteiger charge is -2.37. The van der Waals surface area contributed by atoms with Crippen LogP contribution in [0.15, 0.2) is 0 Å². The monoisotopic (exact) mass is 282 g/mol. The highest BCUT2D eigenvalue weighted by Crippen LogP contribution is 2.27. The van der Waals surface area contributed by atoms with Crippen molar-refractivity contribution in [2.45, 2.75) is 73.3 Å². The molecule has 0 spiro atoms. The molecule has 0 aliphatic heterocycles. The molecule has 0 saturated heterocycles. The predicted molar refractivity (Wildman–Crippen MR) is 90.2 cm³/mol. The first-order valence-corrected chi connectivity index (χ1v) is 8.75. The summed E-state index contributed by atoms with van der Waals surface area (Å²) in [6.07, 6.45) is 5.71. The first kappa shape index (κ1) is 18.0. The Balaban J connectivity index is 2.48. The van der Waals surface area contributed by atoms with Crippen molar-refractivity contribution in [3.8, 4) is 0 Å². The number of nitrogens with one attached hydrogen (secondary N) is 1. The third kappa shape index (κ3) is 7.08. The molecule has 0 heterocycles. The van der Waals surface area contributed by atoms with Gasteiger partial charge in [-0.25, -0.2) is 0 Å². The second-order valence-corrected chi connectivity index (χ2v) is 8.45. The highest BCUT2D eigenvalue weighted by atomic mass is 15.2. The Morgan fingerprint density at radius 3 is 2.15 bits per heavy atom. The van der Waals surface area contributed by atoms with Gasteiger partial charge in [0, 0.05) is 25.7 Å². The Kier molecular flexibility index (Phi) is 7.53. The molecular formula is C18H38N2. The topological polar surface area (TPSA) is 15.3 Å². The summed E-state index contributed by atoms with van der Waals surface area (Å²) in [7, 11) is 0. The standard InChI is InChI=1S/C18H38N2/c1-15(2)11-19-13-18(5,6)14-20(12-16(3)4)17-9-7-8-10-17/h15-17,19H,7-14H2,1-6H3. The van der Waals surface area contributed by atoms with Crippen LogP contribution in [0.25, 0.3) is 0 Å². The summed E-state index contributed by atoms with van der Waals surface area (Å²) in [6, 6.07) is 0.849. The summed E-state index contributed by atoms with van der Waals surface area (Å²) in [6.45, 7) is 18.9. The van der Waals surface area contributed by atoms with Crippen LogP contribution < -0.4 is 5.32 Å². The Morgan fingerprint density at radius 2 is 1.65 bits per heavy atom. The van der Waals surface area contributed by atoms with Crippen LogP contribution >= 0.6 is 0 Å². The molecule has 1 saturated carbocycles. The molecule has 2 heteroatoms. The first-order valence-electron chi connectivity index (χ1n) is 8.75. The minimum Gasteiger partial charge on any atom is -0.316 e. The molecule has 20 heavy (non-hydrogen) atoms. The van der Waals surface area contributed by atoms with Gasteiger partial charge >= 0.3 is 0 Å². The van der Waals surface area contributed by atoms with Crippen LogP contribution in [0.4, 0.5) is 0 Å². The van der Waals surface area contributed by atoms with Crippen LogP contribution in [0.1, 0.15) is 67.2 Å². The van der Waals surface area contributed by atoms with Crippen molar-refractivity contribution in [3.63, 3.8) is 0 Å². The lowest BCUT2D eigenvalue weighted by Crippen LogP contribution is -2.46. The van der Waals surface area contributed by atoms with Crippen molar-refractivity contribution in [1.82, 2.24) is 10.2 Å². The summed E-state index contributed by atoms with van der Waals surface area (Å²) in [5, 5.41) is 3.65. The Bertz CT molecular complexity index is 252. The van der Waals surface area contributed by atoms with Crippen molar-refractivity contribution >= 4 is 0 Å². The zero-order chi connectivity index (χ0) is 15.2. The van der Waals surface area contributed by atoms with E-state index in [2.05, 4.69) is 51.8 Å². The zero-order valence-corrected chi connectivity index (χ0v) is 14.8. The molecule has 0 atom stereocenters. The summed E-state index contributed by atoms with van der Waals surface area (Å²) < 4.78 is 0. The molecule has 1 aliphatic carbocycles. The molecule has 0 aromatic rings. The fourth-order valence-electron chi connectivity index (χ4n) is 3.39. The van der Waals surface area contributed by atoms with Gasteiger partial charge in [0.05, 0.1) is 0 Å². The fourth-order valence-corrected chi connectivity index (χ4v) is 3.39. The van der Waals surface area contributed by atoms with Crippen LogP contribution in [0, 0.1) is 17.3 Å². The second kappa shape index (κ2) is 8.38. The molecule has 1 aliphatic rings. The number of hydrogen-bond donors (Lipinski definition) is 1. The molecule has 120 valence electrons. The van der Waals surface area contributed by atoms with Gasteiger partial charge in [-0.15, -0.1) is 0 Å². The van der Waals surface area contributed by atoms with E-state index in [-0.39, 0.29) is 0 Å². The smallest absolute Gasteiger partial charge is 0.00956 e. The van der Waals surface area contributed by atoms with E-state index in [1.54, 1.807) is 0 Å². The van der Waals surface area contributed by atoms with E-state index in [0.717, 1.165) is 31.0 Å². The zero-order valence-electron chi connectivity index (χ0n) is 14.8. The molecule has 2 nitrogen and oxygen atoms in total. The van der Waals surface area contributed by atoms with Crippen LogP contribution in [0.2, 0.25) is 0 Å². The molecule has 1 rings (SSSR count). The van der Waals surface area contributed by atoms with E-state index in [4.69, 9.17) is 0 Å². The van der Waals surface area contributed by atoms with E-state index in [1.165, 1.54) is 38.8 Å². The minimum atomic E-state index is 0.367. The molecular weight excluding hydrogens is 244 g/mol. The Hall–Kier alpha value is -0.0800. The van der Waals surface area contributed by atoms with Crippen molar-refractivity contribution in [1.29, 1.82) is 0 Å². The van der Waals surface area contributed by atoms with Gasteiger partial charge in [-0.05, 0) is 36.6 Å². The number of hydrogen-bond acceptors (Lipinski definition) is 2. The van der Waals surface area contributed by atoms with Crippen molar-refractivity contribution in [3.05, 3.63) is 0 Å². The van der Waals surface area contributed by atoms with Crippen LogP contribution in [0.3, 0.4) is 0 Å². The van der Waals surface area contributed by atoms with Gasteiger partial charge in [0.25, 0.3) is 0 Å². The quantitative estimate of drug-likeness (QED) is 0.683. The van der Waals surface area contributed by atoms with E-state index in [0.29, 0.717) is 5.41 Å². The van der Waals surface area contributed by atoms with E-state index < -0.39 is 0 Å². The van der Waals surface area contributed by atoms with Crippen molar-refractivity contribution in [2.24, 2.45) is 17.3 Å². The maximum atomic E-state index is 3.65. The largest absolute Gasteiger partial charge is 0.316 e. The highest BCUT2D eigenvalue weighted by Gasteiger charge is 2.28. The summed E-state index contributed by atoms with van der Waals surface area (Å²) in [4.78, 5) is 2.79. The van der Waals surface area contributed by atoms with Crippen LogP contribution in [-0.4, -0.2) is 37.1 Å². The van der Waals surface area contributed by atoms with Crippen LogP contribution in [0.5, 0.6) is 0 Å². The van der Waals surface area contributed by atoms with E-state index in [1.807, 2.05) is 0 Å². The fraction of sp³-hybridized carbons (Fsp3) is 1.00. The van der Waals surface area contributed by atoms with E-state index in [9.17, 15) is 0 Å². The van der Waals surface area contributed by atoms with Crippen molar-refractivity contribution in [2.75, 3.05) is 26.2 Å². The van der Waals surface area contributed by atoms with Gasteiger partial charge < -0.3 is 5.32 Å². The first-order chi connectivity index (χ1) is 9.30. The second-order valence-electron chi connectivity index (χ2n) is 8.45. The lowest BCUT2D eigenvalue weighted by molar-refractivity contribution is 0.114. The normalized spacial score (nSPS) is 17.9. The molecule has 0 amide bonds. The number of rotatable bonds is 9. The number of nitrogens with zero attached hydrogens (tertiary/aromatic N) is 1. The lowest BCUT2D eigenvalue weighted by atomic mass is 9.91. The molecule has 0 unspecified atom stereocenters. The molecule has 0 aromatic heterocycles. The SMILES string of the molecule is CC(C)CNCC(C)(C)CN(CC(C)C)C1CCCC1. The maximum absolute atomic E-state index is 3.65. The van der Waals surface area contributed by atoms with Gasteiger partial charge in [0.15, 0.2) is 0 Å². The van der Waals surface area contributed by atoms with Gasteiger partial charge in [-0.1, -0.05) is 54.4 Å². The average Bonchev–Trinajstić information content (AvgIpc) is 2.79. The van der Waals surface area contributed by atoms with Gasteiger partial charge in [0.1, 0.15) is 0 Å². The van der Waals surface area contributed by atoms with E-state index >= 15 is 0 Å². The molecule has 0 bridgehead atoms. The molecule has 1 N–H and O–H groups in total. The predicted octanol–water partition coefficient (Wildman–Crippen LogP) is 4.16. The highest BCUT2D eigenvalue weighted by molar-refractivity contribution is 4.84. The third-order valence-electron chi connectivity index (χ3n) is 4.23. The summed E-state index contributed by atoms with van der Waals surface area (Å²) in [5.41, 5.74) is 0.367. The molecule has 0 radical (unpaired) electrons. The average molecular weight is 283 g/mol. The summed E-state index contributed by atoms with van der Waals surface area (Å²) >= 11 is 0. The molecule has 1 fully saturated rings. The summed E-state index contributed by atoms with van der Waals surface area (Å²) in [5.74, 6) is 1.52. The maximum Gasteiger partial charge on any atom is 0.00956 e. The van der Waals surface area contributed by atoms with Gasteiger partial charge in [-0.2, -0.15) is 0 Å². The van der Waals surface area contributed by atoms with Crippen LogP contribution in [-0.2, 0) is 0 Å². The van der Waals surface area contributed by atoms with Gasteiger partial charge in [-0.3, -0.25) is 4.90 Å². The van der Waals surface area contributed by atoms with Gasteiger partial charge in [0.2, 0.25) is 0 Å². The Labute approximate surface area is 127 Å². The van der Waals surface area contributed by atoms with Crippen molar-refractivity contribution < 1.29 is 0 Å². The Morgan fingerprint density at radius 1 is 1.05 bits per heavy atom. The molecule has 0 aromatic carbocycles. The third-order valence-corrected chi connectivity index (χ3v) is 4.23.